The normalized spacial score (nSPS) is 9.89. The summed E-state index contributed by atoms with van der Waals surface area (Å²) in [5.74, 6) is -0.231. The van der Waals surface area contributed by atoms with Crippen molar-refractivity contribution in [1.29, 1.82) is 0 Å². The van der Waals surface area contributed by atoms with Crippen molar-refractivity contribution in [3.05, 3.63) is 24.0 Å². The van der Waals surface area contributed by atoms with Crippen LogP contribution in [-0.4, -0.2) is 52.6 Å². The smallest absolute Gasteiger partial charge is 0.354 e. The van der Waals surface area contributed by atoms with Gasteiger partial charge in [0.05, 0.1) is 11.9 Å². The number of carboxylic acid groups (broad SMARTS) is 1. The minimum Gasteiger partial charge on any atom is -0.477 e. The predicted octanol–water partition coefficient (Wildman–Crippen LogP) is 1.61. The van der Waals surface area contributed by atoms with Crippen LogP contribution < -0.4 is 5.32 Å². The average molecular weight is 269 g/mol. The van der Waals surface area contributed by atoms with E-state index in [0.717, 1.165) is 5.75 Å². The molecule has 0 atom stereocenters. The highest BCUT2D eigenvalue weighted by atomic mass is 32.2. The standard InChI is InChI=1S/C11H15N3O3S/c1-14(5-6-18-2)11(17)13-8-3-4-9(10(15)16)12-7-8/h3-4,7H,5-6H2,1-2H3,(H,13,17)(H,15,16). The Kier molecular flexibility index (Phi) is 5.44. The number of carboxylic acids is 1. The molecule has 0 aliphatic heterocycles. The first-order chi connectivity index (χ1) is 8.54. The van der Waals surface area contributed by atoms with Crippen LogP contribution >= 0.6 is 11.8 Å². The molecule has 7 heteroatoms. The first-order valence-electron chi connectivity index (χ1n) is 5.25. The van der Waals surface area contributed by atoms with Gasteiger partial charge >= 0.3 is 12.0 Å². The summed E-state index contributed by atoms with van der Waals surface area (Å²) in [7, 11) is 1.70. The number of hydrogen-bond acceptors (Lipinski definition) is 4. The van der Waals surface area contributed by atoms with Crippen molar-refractivity contribution in [3.8, 4) is 0 Å². The molecule has 0 saturated carbocycles. The minimum atomic E-state index is -1.09. The van der Waals surface area contributed by atoms with Crippen LogP contribution in [0.5, 0.6) is 0 Å². The van der Waals surface area contributed by atoms with Crippen LogP contribution in [0.15, 0.2) is 18.3 Å². The van der Waals surface area contributed by atoms with Crippen molar-refractivity contribution < 1.29 is 14.7 Å². The van der Waals surface area contributed by atoms with E-state index in [4.69, 9.17) is 5.11 Å². The molecule has 0 aliphatic rings. The van der Waals surface area contributed by atoms with Crippen molar-refractivity contribution in [1.82, 2.24) is 9.88 Å². The Bertz CT molecular complexity index is 422. The van der Waals surface area contributed by atoms with Gasteiger partial charge in [0.2, 0.25) is 0 Å². The molecule has 18 heavy (non-hydrogen) atoms. The van der Waals surface area contributed by atoms with Gasteiger partial charge in [-0.1, -0.05) is 0 Å². The predicted molar refractivity (Wildman–Crippen MR) is 71.2 cm³/mol. The van der Waals surface area contributed by atoms with Crippen LogP contribution in [-0.2, 0) is 0 Å². The molecule has 0 aromatic carbocycles. The van der Waals surface area contributed by atoms with Crippen LogP contribution in [0.3, 0.4) is 0 Å². The molecule has 0 radical (unpaired) electrons. The minimum absolute atomic E-state index is 0.0521. The topological polar surface area (TPSA) is 82.5 Å². The van der Waals surface area contributed by atoms with E-state index >= 15 is 0 Å². The summed E-state index contributed by atoms with van der Waals surface area (Å²) in [5, 5.41) is 11.3. The maximum absolute atomic E-state index is 11.7. The highest BCUT2D eigenvalue weighted by Gasteiger charge is 2.09. The first-order valence-corrected chi connectivity index (χ1v) is 6.64. The third kappa shape index (κ3) is 4.25. The summed E-state index contributed by atoms with van der Waals surface area (Å²) < 4.78 is 0. The quantitative estimate of drug-likeness (QED) is 0.848. The fourth-order valence-electron chi connectivity index (χ4n) is 1.14. The van der Waals surface area contributed by atoms with Crippen LogP contribution in [0.1, 0.15) is 10.5 Å². The van der Waals surface area contributed by atoms with Gasteiger partial charge in [-0.25, -0.2) is 14.6 Å². The highest BCUT2D eigenvalue weighted by molar-refractivity contribution is 7.98. The summed E-state index contributed by atoms with van der Waals surface area (Å²) in [5.41, 5.74) is 0.421. The van der Waals surface area contributed by atoms with E-state index in [0.29, 0.717) is 12.2 Å². The summed E-state index contributed by atoms with van der Waals surface area (Å²) in [4.78, 5) is 27.6. The number of hydrogen-bond donors (Lipinski definition) is 2. The highest BCUT2D eigenvalue weighted by Crippen LogP contribution is 2.07. The number of aromatic nitrogens is 1. The lowest BCUT2D eigenvalue weighted by Gasteiger charge is -2.17. The maximum Gasteiger partial charge on any atom is 0.354 e. The van der Waals surface area contributed by atoms with E-state index in [1.807, 2.05) is 6.26 Å². The summed E-state index contributed by atoms with van der Waals surface area (Å²) in [6.07, 6.45) is 3.30. The molecule has 1 aromatic rings. The fraction of sp³-hybridized carbons (Fsp3) is 0.364. The van der Waals surface area contributed by atoms with Gasteiger partial charge in [0.25, 0.3) is 0 Å². The molecule has 0 aliphatic carbocycles. The second kappa shape index (κ2) is 6.85. The third-order valence-electron chi connectivity index (χ3n) is 2.21. The van der Waals surface area contributed by atoms with Gasteiger partial charge in [-0.2, -0.15) is 11.8 Å². The molecule has 98 valence electrons. The molecule has 1 rings (SSSR count). The maximum atomic E-state index is 11.7. The Morgan fingerprint density at radius 2 is 2.22 bits per heavy atom. The number of rotatable bonds is 5. The van der Waals surface area contributed by atoms with Gasteiger partial charge in [0, 0.05) is 19.3 Å². The molecule has 0 saturated heterocycles. The molecule has 1 aromatic heterocycles. The number of thioether (sulfide) groups is 1. The second-order valence-electron chi connectivity index (χ2n) is 3.58. The van der Waals surface area contributed by atoms with E-state index < -0.39 is 5.97 Å². The average Bonchev–Trinajstić information content (AvgIpc) is 2.36. The molecule has 0 unspecified atom stereocenters. The number of aromatic carboxylic acids is 1. The Hall–Kier alpha value is -1.76. The monoisotopic (exact) mass is 269 g/mol. The van der Waals surface area contributed by atoms with E-state index in [9.17, 15) is 9.59 Å². The Labute approximate surface area is 109 Å². The Morgan fingerprint density at radius 3 is 2.72 bits per heavy atom. The summed E-state index contributed by atoms with van der Waals surface area (Å²) in [6.45, 7) is 0.646. The lowest BCUT2D eigenvalue weighted by atomic mass is 10.3. The van der Waals surface area contributed by atoms with Crippen LogP contribution in [0.25, 0.3) is 0 Å². The van der Waals surface area contributed by atoms with Gasteiger partial charge in [-0.3, -0.25) is 0 Å². The largest absolute Gasteiger partial charge is 0.477 e. The van der Waals surface area contributed by atoms with Crippen LogP contribution in [0.4, 0.5) is 10.5 Å². The second-order valence-corrected chi connectivity index (χ2v) is 4.57. The lowest BCUT2D eigenvalue weighted by molar-refractivity contribution is 0.0690. The van der Waals surface area contributed by atoms with Crippen molar-refractivity contribution in [3.63, 3.8) is 0 Å². The number of nitrogens with one attached hydrogen (secondary N) is 1. The number of nitrogens with zero attached hydrogens (tertiary/aromatic N) is 2. The molecular formula is C11H15N3O3S. The third-order valence-corrected chi connectivity index (χ3v) is 2.80. The molecule has 0 fully saturated rings. The first kappa shape index (κ1) is 14.3. The number of carbonyl (C=O) groups excluding carboxylic acids is 1. The number of anilines is 1. The molecule has 0 bridgehead atoms. The number of pyridine rings is 1. The van der Waals surface area contributed by atoms with E-state index in [1.165, 1.54) is 18.3 Å². The lowest BCUT2D eigenvalue weighted by Crippen LogP contribution is -2.33. The van der Waals surface area contributed by atoms with E-state index in [-0.39, 0.29) is 11.7 Å². The number of urea groups is 1. The van der Waals surface area contributed by atoms with Crippen molar-refractivity contribution in [2.45, 2.75) is 0 Å². The zero-order valence-corrected chi connectivity index (χ0v) is 11.0. The van der Waals surface area contributed by atoms with Crippen molar-refractivity contribution >= 4 is 29.4 Å². The zero-order valence-electron chi connectivity index (χ0n) is 10.2. The number of carbonyl (C=O) groups is 2. The zero-order chi connectivity index (χ0) is 13.5. The van der Waals surface area contributed by atoms with Crippen LogP contribution in [0, 0.1) is 0 Å². The van der Waals surface area contributed by atoms with Gasteiger partial charge in [0.1, 0.15) is 5.69 Å². The molecule has 0 spiro atoms. The van der Waals surface area contributed by atoms with E-state index in [2.05, 4.69) is 10.3 Å². The van der Waals surface area contributed by atoms with Crippen molar-refractivity contribution in [2.75, 3.05) is 30.9 Å². The Balaban J connectivity index is 2.56. The fourth-order valence-corrected chi connectivity index (χ4v) is 1.60. The summed E-state index contributed by atoms with van der Waals surface area (Å²) >= 11 is 1.66. The SMILES string of the molecule is CSCCN(C)C(=O)Nc1ccc(C(=O)O)nc1. The molecule has 2 amide bonds. The van der Waals surface area contributed by atoms with Gasteiger partial charge < -0.3 is 15.3 Å². The Morgan fingerprint density at radius 1 is 1.50 bits per heavy atom. The molecule has 6 nitrogen and oxygen atoms in total. The molecule has 1 heterocycles. The number of amides is 2. The van der Waals surface area contributed by atoms with Gasteiger partial charge in [-0.05, 0) is 18.4 Å². The summed E-state index contributed by atoms with van der Waals surface area (Å²) in [6, 6.07) is 2.62. The molecule has 2 N–H and O–H groups in total. The molecular weight excluding hydrogens is 254 g/mol. The van der Waals surface area contributed by atoms with Gasteiger partial charge in [-0.15, -0.1) is 0 Å². The van der Waals surface area contributed by atoms with Crippen LogP contribution in [0.2, 0.25) is 0 Å². The van der Waals surface area contributed by atoms with Crippen molar-refractivity contribution in [2.24, 2.45) is 0 Å². The van der Waals surface area contributed by atoms with E-state index in [1.54, 1.807) is 23.7 Å². The van der Waals surface area contributed by atoms with Gasteiger partial charge in [0.15, 0.2) is 0 Å².